The van der Waals surface area contributed by atoms with E-state index < -0.39 is 0 Å². The van der Waals surface area contributed by atoms with Crippen LogP contribution in [0.15, 0.2) is 0 Å². The van der Waals surface area contributed by atoms with Gasteiger partial charge in [0.2, 0.25) is 5.91 Å². The third kappa shape index (κ3) is 8.76. The van der Waals surface area contributed by atoms with Gasteiger partial charge in [0.05, 0.1) is 0 Å². The van der Waals surface area contributed by atoms with Crippen molar-refractivity contribution < 1.29 is 4.79 Å². The molecular weight excluding hydrogens is 248 g/mol. The third-order valence-corrected chi connectivity index (χ3v) is 3.45. The van der Waals surface area contributed by atoms with Crippen LogP contribution >= 0.6 is 12.4 Å². The first-order valence-electron chi connectivity index (χ1n) is 6.88. The molecule has 0 saturated carbocycles. The summed E-state index contributed by atoms with van der Waals surface area (Å²) in [5, 5.41) is 2.97. The van der Waals surface area contributed by atoms with Crippen LogP contribution in [0.4, 0.5) is 0 Å². The van der Waals surface area contributed by atoms with Crippen molar-refractivity contribution in [3.63, 3.8) is 0 Å². The highest BCUT2D eigenvalue weighted by molar-refractivity contribution is 5.85. The molecule has 1 atom stereocenters. The molecule has 0 fully saturated rings. The molecule has 0 aliphatic carbocycles. The number of amides is 1. The van der Waals surface area contributed by atoms with Crippen LogP contribution in [-0.2, 0) is 4.79 Å². The van der Waals surface area contributed by atoms with Gasteiger partial charge in [-0.2, -0.15) is 0 Å². The van der Waals surface area contributed by atoms with Crippen LogP contribution in [0.5, 0.6) is 0 Å². The average molecular weight is 279 g/mol. The predicted molar refractivity (Wildman–Crippen MR) is 81.0 cm³/mol. The molecule has 0 bridgehead atoms. The van der Waals surface area contributed by atoms with E-state index in [1.807, 2.05) is 0 Å². The summed E-state index contributed by atoms with van der Waals surface area (Å²) in [6, 6.07) is 0. The van der Waals surface area contributed by atoms with Gasteiger partial charge in [0.15, 0.2) is 0 Å². The average Bonchev–Trinajstić information content (AvgIpc) is 2.24. The molecule has 0 spiro atoms. The van der Waals surface area contributed by atoms with Crippen molar-refractivity contribution in [2.75, 3.05) is 6.54 Å². The van der Waals surface area contributed by atoms with Gasteiger partial charge in [-0.15, -0.1) is 12.4 Å². The zero-order chi connectivity index (χ0) is 13.5. The topological polar surface area (TPSA) is 55.1 Å². The summed E-state index contributed by atoms with van der Waals surface area (Å²) in [5.41, 5.74) is 5.90. The van der Waals surface area contributed by atoms with Crippen molar-refractivity contribution in [1.29, 1.82) is 0 Å². The fraction of sp³-hybridized carbons (Fsp3) is 0.929. The molecule has 3 N–H and O–H groups in total. The normalized spacial score (nSPS) is 13.1. The van der Waals surface area contributed by atoms with E-state index in [4.69, 9.17) is 5.73 Å². The van der Waals surface area contributed by atoms with E-state index in [0.717, 1.165) is 19.3 Å². The minimum absolute atomic E-state index is 0. The Morgan fingerprint density at radius 2 is 1.72 bits per heavy atom. The van der Waals surface area contributed by atoms with Crippen molar-refractivity contribution in [1.82, 2.24) is 5.32 Å². The molecule has 1 amide bonds. The van der Waals surface area contributed by atoms with Gasteiger partial charge in [-0.1, -0.05) is 34.6 Å². The molecule has 18 heavy (non-hydrogen) atoms. The fourth-order valence-corrected chi connectivity index (χ4v) is 2.05. The second kappa shape index (κ2) is 9.62. The lowest BCUT2D eigenvalue weighted by atomic mass is 9.93. The highest BCUT2D eigenvalue weighted by atomic mass is 35.5. The zero-order valence-electron chi connectivity index (χ0n) is 12.6. The van der Waals surface area contributed by atoms with Gasteiger partial charge in [-0.05, 0) is 31.1 Å². The van der Waals surface area contributed by atoms with Crippen LogP contribution in [0, 0.1) is 11.8 Å². The van der Waals surface area contributed by atoms with Crippen LogP contribution < -0.4 is 11.1 Å². The fourth-order valence-electron chi connectivity index (χ4n) is 2.05. The van der Waals surface area contributed by atoms with Crippen LogP contribution in [0.25, 0.3) is 0 Å². The second-order valence-corrected chi connectivity index (χ2v) is 5.79. The number of carbonyl (C=O) groups excluding carboxylic acids is 1. The molecular formula is C14H31ClN2O. The van der Waals surface area contributed by atoms with Crippen LogP contribution in [-0.4, -0.2) is 18.0 Å². The Kier molecular flexibility index (Phi) is 10.7. The van der Waals surface area contributed by atoms with E-state index in [1.165, 1.54) is 0 Å². The van der Waals surface area contributed by atoms with Gasteiger partial charge < -0.3 is 11.1 Å². The van der Waals surface area contributed by atoms with E-state index in [1.54, 1.807) is 0 Å². The molecule has 0 radical (unpaired) electrons. The van der Waals surface area contributed by atoms with E-state index in [2.05, 4.69) is 39.9 Å². The maximum Gasteiger partial charge on any atom is 0.220 e. The Morgan fingerprint density at radius 3 is 2.11 bits per heavy atom. The smallest absolute Gasteiger partial charge is 0.220 e. The second-order valence-electron chi connectivity index (χ2n) is 5.79. The molecule has 0 heterocycles. The highest BCUT2D eigenvalue weighted by Crippen LogP contribution is 2.15. The molecule has 0 saturated heterocycles. The van der Waals surface area contributed by atoms with Crippen molar-refractivity contribution >= 4 is 18.3 Å². The number of rotatable bonds is 8. The van der Waals surface area contributed by atoms with E-state index in [-0.39, 0.29) is 23.9 Å². The first-order valence-corrected chi connectivity index (χ1v) is 6.88. The first-order chi connectivity index (χ1) is 7.83. The van der Waals surface area contributed by atoms with Crippen molar-refractivity contribution in [2.45, 2.75) is 65.8 Å². The first kappa shape index (κ1) is 20.0. The summed E-state index contributed by atoms with van der Waals surface area (Å²) in [5.74, 6) is 1.23. The minimum Gasteiger partial charge on any atom is -0.354 e. The van der Waals surface area contributed by atoms with Gasteiger partial charge in [0.25, 0.3) is 0 Å². The van der Waals surface area contributed by atoms with Gasteiger partial charge in [0.1, 0.15) is 0 Å². The maximum absolute atomic E-state index is 11.7. The molecule has 0 aromatic heterocycles. The third-order valence-electron chi connectivity index (χ3n) is 3.45. The lowest BCUT2D eigenvalue weighted by molar-refractivity contribution is -0.122. The van der Waals surface area contributed by atoms with Crippen LogP contribution in [0.2, 0.25) is 0 Å². The summed E-state index contributed by atoms with van der Waals surface area (Å²) in [6.45, 7) is 11.2. The molecule has 0 rings (SSSR count). The SMILES string of the molecule is CCC(N)(CC)CNC(=O)CC(C)CC(C)C.Cl. The summed E-state index contributed by atoms with van der Waals surface area (Å²) < 4.78 is 0. The summed E-state index contributed by atoms with van der Waals surface area (Å²) in [6.07, 6.45) is 3.50. The zero-order valence-corrected chi connectivity index (χ0v) is 13.4. The number of nitrogens with one attached hydrogen (secondary N) is 1. The van der Waals surface area contributed by atoms with E-state index >= 15 is 0 Å². The number of halogens is 1. The molecule has 0 aromatic rings. The van der Waals surface area contributed by atoms with Crippen LogP contribution in [0.3, 0.4) is 0 Å². The van der Waals surface area contributed by atoms with Gasteiger partial charge in [0, 0.05) is 18.5 Å². The monoisotopic (exact) mass is 278 g/mol. The Bertz CT molecular complexity index is 228. The standard InChI is InChI=1S/C14H30N2O.ClH/c1-6-14(15,7-2)10-16-13(17)9-12(5)8-11(3)4;/h11-12H,6-10,15H2,1-5H3,(H,16,17);1H. The predicted octanol–water partition coefficient (Wildman–Crippen LogP) is 3.11. The largest absolute Gasteiger partial charge is 0.354 e. The summed E-state index contributed by atoms with van der Waals surface area (Å²) in [4.78, 5) is 11.7. The molecule has 3 nitrogen and oxygen atoms in total. The molecule has 110 valence electrons. The molecule has 0 aromatic carbocycles. The molecule has 4 heteroatoms. The van der Waals surface area contributed by atoms with E-state index in [0.29, 0.717) is 24.8 Å². The van der Waals surface area contributed by atoms with E-state index in [9.17, 15) is 4.79 Å². The van der Waals surface area contributed by atoms with Gasteiger partial charge >= 0.3 is 0 Å². The molecule has 0 aliphatic rings. The molecule has 0 aliphatic heterocycles. The number of nitrogens with two attached hydrogens (primary N) is 1. The lowest BCUT2D eigenvalue weighted by Crippen LogP contribution is -2.49. The van der Waals surface area contributed by atoms with Crippen molar-refractivity contribution in [2.24, 2.45) is 17.6 Å². The Hall–Kier alpha value is -0.280. The number of hydrogen-bond acceptors (Lipinski definition) is 2. The minimum atomic E-state index is -0.239. The van der Waals surface area contributed by atoms with Gasteiger partial charge in [-0.25, -0.2) is 0 Å². The maximum atomic E-state index is 11.7. The number of carbonyl (C=O) groups is 1. The lowest BCUT2D eigenvalue weighted by Gasteiger charge is -2.27. The Morgan fingerprint density at radius 1 is 1.22 bits per heavy atom. The van der Waals surface area contributed by atoms with Crippen molar-refractivity contribution in [3.8, 4) is 0 Å². The van der Waals surface area contributed by atoms with Crippen molar-refractivity contribution in [3.05, 3.63) is 0 Å². The quantitative estimate of drug-likeness (QED) is 0.717. The highest BCUT2D eigenvalue weighted by Gasteiger charge is 2.21. The van der Waals surface area contributed by atoms with Gasteiger partial charge in [-0.3, -0.25) is 4.79 Å². The molecule has 1 unspecified atom stereocenters. The summed E-state index contributed by atoms with van der Waals surface area (Å²) in [7, 11) is 0. The van der Waals surface area contributed by atoms with Crippen LogP contribution in [0.1, 0.15) is 60.3 Å². The Labute approximate surface area is 119 Å². The summed E-state index contributed by atoms with van der Waals surface area (Å²) >= 11 is 0. The number of hydrogen-bond donors (Lipinski definition) is 2. The Balaban J connectivity index is 0.